The molecule has 1 N–H and O–H groups in total. The van der Waals surface area contributed by atoms with Crippen molar-refractivity contribution in [2.75, 3.05) is 6.54 Å². The van der Waals surface area contributed by atoms with Crippen molar-refractivity contribution >= 4 is 46.1 Å². The average Bonchev–Trinajstić information content (AvgIpc) is 2.92. The summed E-state index contributed by atoms with van der Waals surface area (Å²) < 4.78 is 0. The van der Waals surface area contributed by atoms with E-state index in [2.05, 4.69) is 31.3 Å². The second-order valence-electron chi connectivity index (χ2n) is 4.85. The highest BCUT2D eigenvalue weighted by Gasteiger charge is 2.15. The van der Waals surface area contributed by atoms with E-state index in [-0.39, 0.29) is 0 Å². The highest BCUT2D eigenvalue weighted by molar-refractivity contribution is 7.15. The number of rotatable bonds is 6. The lowest BCUT2D eigenvalue weighted by atomic mass is 10.1. The van der Waals surface area contributed by atoms with Gasteiger partial charge < -0.3 is 5.32 Å². The maximum absolute atomic E-state index is 6.30. The quantitative estimate of drug-likeness (QED) is 0.555. The molecule has 0 saturated heterocycles. The van der Waals surface area contributed by atoms with Gasteiger partial charge >= 0.3 is 0 Å². The first-order chi connectivity index (χ1) is 10.1. The van der Waals surface area contributed by atoms with Crippen molar-refractivity contribution in [1.29, 1.82) is 0 Å². The minimum absolute atomic E-state index is 0.403. The third kappa shape index (κ3) is 4.14. The zero-order chi connectivity index (χ0) is 15.4. The Balaban J connectivity index is 2.33. The summed E-state index contributed by atoms with van der Waals surface area (Å²) in [5, 5.41) is 5.18. The first-order valence-corrected chi connectivity index (χ1v) is 8.99. The van der Waals surface area contributed by atoms with Crippen LogP contribution in [-0.4, -0.2) is 6.54 Å². The molecule has 2 aromatic rings. The normalized spacial score (nSPS) is 12.6. The predicted molar refractivity (Wildman–Crippen MR) is 96.1 cm³/mol. The molecule has 5 heteroatoms. The van der Waals surface area contributed by atoms with Gasteiger partial charge in [-0.05, 0) is 37.2 Å². The minimum atomic E-state index is 0.403. The zero-order valence-electron chi connectivity index (χ0n) is 12.1. The highest BCUT2D eigenvalue weighted by Crippen LogP contribution is 2.39. The lowest BCUT2D eigenvalue weighted by Crippen LogP contribution is -2.19. The third-order valence-electron chi connectivity index (χ3n) is 3.27. The molecule has 0 bridgehead atoms. The van der Waals surface area contributed by atoms with Gasteiger partial charge in [0.25, 0.3) is 0 Å². The van der Waals surface area contributed by atoms with Gasteiger partial charge in [0.2, 0.25) is 0 Å². The maximum Gasteiger partial charge on any atom is 0.0607 e. The van der Waals surface area contributed by atoms with Crippen molar-refractivity contribution in [2.24, 2.45) is 0 Å². The molecule has 1 heterocycles. The molecule has 0 amide bonds. The van der Waals surface area contributed by atoms with E-state index in [0.717, 1.165) is 29.8 Å². The molecule has 114 valence electrons. The van der Waals surface area contributed by atoms with E-state index < -0.39 is 0 Å². The van der Waals surface area contributed by atoms with Gasteiger partial charge in [-0.1, -0.05) is 55.1 Å². The topological polar surface area (TPSA) is 12.0 Å². The Morgan fingerprint density at radius 2 is 1.76 bits per heavy atom. The molecule has 0 aliphatic carbocycles. The van der Waals surface area contributed by atoms with Crippen LogP contribution in [0.2, 0.25) is 15.1 Å². The van der Waals surface area contributed by atoms with Crippen molar-refractivity contribution in [3.05, 3.63) is 44.2 Å². The average molecular weight is 363 g/mol. The summed E-state index contributed by atoms with van der Waals surface area (Å²) in [6, 6.07) is 8.21. The molecule has 0 radical (unpaired) electrons. The molecule has 1 nitrogen and oxygen atoms in total. The molecular formula is C16H18Cl3NS. The van der Waals surface area contributed by atoms with Crippen LogP contribution < -0.4 is 5.32 Å². The molecule has 1 unspecified atom stereocenters. The Hall–Kier alpha value is -0.250. The summed E-state index contributed by atoms with van der Waals surface area (Å²) in [5.74, 6) is 0. The fourth-order valence-electron chi connectivity index (χ4n) is 2.28. The Bertz CT molecular complexity index is 604. The number of thiophene rings is 1. The van der Waals surface area contributed by atoms with Crippen LogP contribution in [0.1, 0.15) is 37.6 Å². The number of hydrogen-bond acceptors (Lipinski definition) is 2. The SMILES string of the molecule is CCCC(NCC)c1ccc(-c2cc(Cl)c(Cl)cc2Cl)s1. The van der Waals surface area contributed by atoms with Crippen molar-refractivity contribution in [3.8, 4) is 10.4 Å². The lowest BCUT2D eigenvalue weighted by Gasteiger charge is -2.15. The fraction of sp³-hybridized carbons (Fsp3) is 0.375. The van der Waals surface area contributed by atoms with Gasteiger partial charge in [0, 0.05) is 21.4 Å². The first kappa shape index (κ1) is 17.1. The first-order valence-electron chi connectivity index (χ1n) is 7.04. The van der Waals surface area contributed by atoms with Crippen LogP contribution in [0.4, 0.5) is 0 Å². The van der Waals surface area contributed by atoms with Crippen LogP contribution in [0.15, 0.2) is 24.3 Å². The molecule has 1 atom stereocenters. The molecule has 2 rings (SSSR count). The molecule has 0 fully saturated rings. The van der Waals surface area contributed by atoms with Gasteiger partial charge in [-0.15, -0.1) is 11.3 Å². The predicted octanol–water partition coefficient (Wildman–Crippen LogP) is 6.83. The van der Waals surface area contributed by atoms with Crippen molar-refractivity contribution in [2.45, 2.75) is 32.7 Å². The Morgan fingerprint density at radius 1 is 1.05 bits per heavy atom. The van der Waals surface area contributed by atoms with E-state index in [1.165, 1.54) is 4.88 Å². The summed E-state index contributed by atoms with van der Waals surface area (Å²) >= 11 is 20.1. The number of halogens is 3. The summed E-state index contributed by atoms with van der Waals surface area (Å²) in [7, 11) is 0. The molecule has 0 spiro atoms. The van der Waals surface area contributed by atoms with Crippen LogP contribution in [-0.2, 0) is 0 Å². The molecule has 0 aliphatic rings. The van der Waals surface area contributed by atoms with Gasteiger partial charge in [0.05, 0.1) is 15.1 Å². The summed E-state index contributed by atoms with van der Waals surface area (Å²) in [6.45, 7) is 5.30. The smallest absolute Gasteiger partial charge is 0.0607 e. The van der Waals surface area contributed by atoms with E-state index >= 15 is 0 Å². The van der Waals surface area contributed by atoms with E-state index in [1.807, 2.05) is 6.07 Å². The number of nitrogens with one attached hydrogen (secondary N) is 1. The van der Waals surface area contributed by atoms with Crippen molar-refractivity contribution < 1.29 is 0 Å². The summed E-state index contributed by atoms with van der Waals surface area (Å²) in [5.41, 5.74) is 0.939. The van der Waals surface area contributed by atoms with Gasteiger partial charge in [0.1, 0.15) is 0 Å². The highest BCUT2D eigenvalue weighted by atomic mass is 35.5. The van der Waals surface area contributed by atoms with Gasteiger partial charge in [-0.2, -0.15) is 0 Å². The molecule has 1 aromatic carbocycles. The molecule has 1 aromatic heterocycles. The molecule has 0 aliphatic heterocycles. The second kappa shape index (κ2) is 7.85. The second-order valence-corrected chi connectivity index (χ2v) is 7.18. The van der Waals surface area contributed by atoms with Crippen LogP contribution in [0, 0.1) is 0 Å². The van der Waals surface area contributed by atoms with E-state index in [9.17, 15) is 0 Å². The standard InChI is InChI=1S/C16H18Cl3NS/c1-3-5-14(20-4-2)16-7-6-15(21-16)10-8-12(18)13(19)9-11(10)17/h6-9,14,20H,3-5H2,1-2H3. The van der Waals surface area contributed by atoms with Crippen molar-refractivity contribution in [3.63, 3.8) is 0 Å². The number of hydrogen-bond donors (Lipinski definition) is 1. The van der Waals surface area contributed by atoms with E-state index in [0.29, 0.717) is 21.1 Å². The Morgan fingerprint density at radius 3 is 2.43 bits per heavy atom. The summed E-state index contributed by atoms with van der Waals surface area (Å²) in [4.78, 5) is 2.45. The van der Waals surface area contributed by atoms with E-state index in [1.54, 1.807) is 17.4 Å². The molecular weight excluding hydrogens is 345 g/mol. The summed E-state index contributed by atoms with van der Waals surface area (Å²) in [6.07, 6.45) is 2.28. The minimum Gasteiger partial charge on any atom is -0.310 e. The third-order valence-corrected chi connectivity index (χ3v) is 5.54. The maximum atomic E-state index is 6.30. The van der Waals surface area contributed by atoms with E-state index in [4.69, 9.17) is 34.8 Å². The van der Waals surface area contributed by atoms with Crippen LogP contribution >= 0.6 is 46.1 Å². The molecule has 21 heavy (non-hydrogen) atoms. The largest absolute Gasteiger partial charge is 0.310 e. The van der Waals surface area contributed by atoms with Crippen molar-refractivity contribution in [1.82, 2.24) is 5.32 Å². The van der Waals surface area contributed by atoms with Crippen LogP contribution in [0.5, 0.6) is 0 Å². The monoisotopic (exact) mass is 361 g/mol. The zero-order valence-corrected chi connectivity index (χ0v) is 15.1. The Kier molecular flexibility index (Phi) is 6.39. The lowest BCUT2D eigenvalue weighted by molar-refractivity contribution is 0.516. The van der Waals surface area contributed by atoms with Gasteiger partial charge in [-0.25, -0.2) is 0 Å². The van der Waals surface area contributed by atoms with Gasteiger partial charge in [0.15, 0.2) is 0 Å². The Labute approximate surface area is 145 Å². The van der Waals surface area contributed by atoms with Gasteiger partial charge in [-0.3, -0.25) is 0 Å². The van der Waals surface area contributed by atoms with Crippen LogP contribution in [0.25, 0.3) is 10.4 Å². The van der Waals surface area contributed by atoms with Crippen LogP contribution in [0.3, 0.4) is 0 Å². The number of benzene rings is 1. The fourth-order valence-corrected chi connectivity index (χ4v) is 4.13. The molecule has 0 saturated carbocycles.